The topological polar surface area (TPSA) is 74.0 Å². The maximum absolute atomic E-state index is 10.5. The lowest BCUT2D eigenvalue weighted by Crippen LogP contribution is -2.02. The zero-order valence-corrected chi connectivity index (χ0v) is 6.54. The zero-order valence-electron chi connectivity index (χ0n) is 5.78. The van der Waals surface area contributed by atoms with Gasteiger partial charge in [-0.2, -0.15) is 5.26 Å². The molecule has 0 aliphatic carbocycles. The van der Waals surface area contributed by atoms with Crippen LogP contribution in [0.5, 0.6) is 0 Å². The molecule has 60 valence electrons. The van der Waals surface area contributed by atoms with Crippen molar-refractivity contribution in [3.05, 3.63) is 28.5 Å². The molecular weight excluding hydrogens is 180 g/mol. The van der Waals surface area contributed by atoms with Crippen LogP contribution in [0.25, 0.3) is 0 Å². The molecule has 1 rings (SSSR count). The summed E-state index contributed by atoms with van der Waals surface area (Å²) in [6, 6.07) is 3.01. The second-order valence-corrected chi connectivity index (χ2v) is 2.30. The molecule has 0 amide bonds. The monoisotopic (exact) mass is 182 g/mol. The van der Waals surface area contributed by atoms with Crippen molar-refractivity contribution in [3.8, 4) is 6.07 Å². The summed E-state index contributed by atoms with van der Waals surface area (Å²) in [4.78, 5) is 14.1. The second kappa shape index (κ2) is 3.20. The van der Waals surface area contributed by atoms with Gasteiger partial charge in [0.05, 0.1) is 5.56 Å². The Labute approximate surface area is 73.0 Å². The maximum atomic E-state index is 10.5. The number of carboxylic acids is 1. The molecule has 0 aliphatic rings. The van der Waals surface area contributed by atoms with Crippen LogP contribution in [0, 0.1) is 11.3 Å². The van der Waals surface area contributed by atoms with Crippen LogP contribution in [0.15, 0.2) is 12.3 Å². The van der Waals surface area contributed by atoms with Crippen molar-refractivity contribution in [2.45, 2.75) is 0 Å². The largest absolute Gasteiger partial charge is 0.478 e. The maximum Gasteiger partial charge on any atom is 0.340 e. The fourth-order valence-corrected chi connectivity index (χ4v) is 0.972. The minimum atomic E-state index is -1.25. The fraction of sp³-hybridized carbons (Fsp3) is 0. The molecule has 1 aromatic heterocycles. The third-order valence-corrected chi connectivity index (χ3v) is 1.53. The zero-order chi connectivity index (χ0) is 9.14. The number of rotatable bonds is 1. The van der Waals surface area contributed by atoms with Gasteiger partial charge in [-0.15, -0.1) is 0 Å². The van der Waals surface area contributed by atoms with E-state index in [1.807, 2.05) is 0 Å². The number of nitrogens with zero attached hydrogens (tertiary/aromatic N) is 2. The van der Waals surface area contributed by atoms with E-state index >= 15 is 0 Å². The molecule has 0 bridgehead atoms. The number of aromatic nitrogens is 1. The molecule has 1 aromatic rings. The summed E-state index contributed by atoms with van der Waals surface area (Å²) in [5.41, 5.74) is -0.232. The summed E-state index contributed by atoms with van der Waals surface area (Å²) in [7, 11) is 0. The summed E-state index contributed by atoms with van der Waals surface area (Å²) in [6.45, 7) is 0. The molecule has 0 aromatic carbocycles. The van der Waals surface area contributed by atoms with E-state index in [1.54, 1.807) is 6.07 Å². The summed E-state index contributed by atoms with van der Waals surface area (Å²) >= 11 is 5.46. The Morgan fingerprint density at radius 3 is 2.83 bits per heavy atom. The van der Waals surface area contributed by atoms with Gasteiger partial charge in [0.25, 0.3) is 0 Å². The van der Waals surface area contributed by atoms with Crippen LogP contribution in [0.2, 0.25) is 5.15 Å². The van der Waals surface area contributed by atoms with Gasteiger partial charge in [0.1, 0.15) is 16.8 Å². The quantitative estimate of drug-likeness (QED) is 0.665. The molecule has 0 radical (unpaired) electrons. The van der Waals surface area contributed by atoms with Gasteiger partial charge in [-0.25, -0.2) is 9.78 Å². The Bertz CT molecular complexity index is 370. The second-order valence-electron chi connectivity index (χ2n) is 1.94. The van der Waals surface area contributed by atoms with Crippen molar-refractivity contribution >= 4 is 17.6 Å². The Morgan fingerprint density at radius 2 is 2.42 bits per heavy atom. The van der Waals surface area contributed by atoms with Crippen LogP contribution in [0.1, 0.15) is 15.9 Å². The lowest BCUT2D eigenvalue weighted by Gasteiger charge is -1.97. The van der Waals surface area contributed by atoms with E-state index < -0.39 is 5.97 Å². The van der Waals surface area contributed by atoms with Gasteiger partial charge in [0.2, 0.25) is 0 Å². The summed E-state index contributed by atoms with van der Waals surface area (Å²) in [5.74, 6) is -1.25. The highest BCUT2D eigenvalue weighted by molar-refractivity contribution is 6.32. The highest BCUT2D eigenvalue weighted by atomic mass is 35.5. The molecule has 5 heteroatoms. The van der Waals surface area contributed by atoms with Crippen LogP contribution in [0.3, 0.4) is 0 Å². The molecule has 0 aliphatic heterocycles. The van der Waals surface area contributed by atoms with E-state index in [0.29, 0.717) is 0 Å². The van der Waals surface area contributed by atoms with Crippen molar-refractivity contribution in [1.82, 2.24) is 4.98 Å². The van der Waals surface area contributed by atoms with E-state index in [9.17, 15) is 4.79 Å². The molecule has 0 spiro atoms. The smallest absolute Gasteiger partial charge is 0.340 e. The molecule has 0 atom stereocenters. The third kappa shape index (κ3) is 1.36. The van der Waals surface area contributed by atoms with Crippen molar-refractivity contribution in [3.63, 3.8) is 0 Å². The number of aromatic carboxylic acids is 1. The van der Waals surface area contributed by atoms with E-state index in [-0.39, 0.29) is 16.3 Å². The van der Waals surface area contributed by atoms with Gasteiger partial charge < -0.3 is 5.11 Å². The van der Waals surface area contributed by atoms with Gasteiger partial charge in [0, 0.05) is 6.20 Å². The molecule has 0 saturated heterocycles. The number of pyridine rings is 1. The van der Waals surface area contributed by atoms with Crippen molar-refractivity contribution in [2.24, 2.45) is 0 Å². The van der Waals surface area contributed by atoms with Gasteiger partial charge in [-0.05, 0) is 6.07 Å². The van der Waals surface area contributed by atoms with E-state index in [2.05, 4.69) is 4.98 Å². The number of hydrogen-bond acceptors (Lipinski definition) is 3. The van der Waals surface area contributed by atoms with Gasteiger partial charge in [-0.1, -0.05) is 11.6 Å². The first-order chi connectivity index (χ1) is 5.66. The van der Waals surface area contributed by atoms with E-state index in [0.717, 1.165) is 0 Å². The normalized spacial score (nSPS) is 9.00. The Morgan fingerprint density at radius 1 is 1.75 bits per heavy atom. The first-order valence-electron chi connectivity index (χ1n) is 2.94. The van der Waals surface area contributed by atoms with Crippen molar-refractivity contribution in [1.29, 1.82) is 5.26 Å². The van der Waals surface area contributed by atoms with Crippen LogP contribution >= 0.6 is 11.6 Å². The SMILES string of the molecule is N#Cc1ccnc(Cl)c1C(=O)O. The molecule has 0 saturated carbocycles. The van der Waals surface area contributed by atoms with E-state index in [1.165, 1.54) is 12.3 Å². The molecular formula is C7H3ClN2O2. The van der Waals surface area contributed by atoms with Gasteiger partial charge in [-0.3, -0.25) is 0 Å². The molecule has 0 unspecified atom stereocenters. The van der Waals surface area contributed by atoms with Crippen LogP contribution in [0.4, 0.5) is 0 Å². The first-order valence-corrected chi connectivity index (χ1v) is 3.32. The summed E-state index contributed by atoms with van der Waals surface area (Å²) < 4.78 is 0. The van der Waals surface area contributed by atoms with Gasteiger partial charge in [0.15, 0.2) is 0 Å². The number of nitriles is 1. The summed E-state index contributed by atoms with van der Waals surface area (Å²) in [6.07, 6.45) is 1.29. The molecule has 12 heavy (non-hydrogen) atoms. The minimum Gasteiger partial charge on any atom is -0.478 e. The average Bonchev–Trinajstić information content (AvgIpc) is 2.03. The Hall–Kier alpha value is -1.60. The molecule has 0 fully saturated rings. The number of hydrogen-bond donors (Lipinski definition) is 1. The lowest BCUT2D eigenvalue weighted by molar-refractivity contribution is 0.0696. The standard InChI is InChI=1S/C7H3ClN2O2/c8-6-5(7(11)12)4(3-9)1-2-10-6/h1-2H,(H,11,12). The molecule has 4 nitrogen and oxygen atoms in total. The van der Waals surface area contributed by atoms with Crippen LogP contribution < -0.4 is 0 Å². The predicted molar refractivity (Wildman–Crippen MR) is 40.9 cm³/mol. The van der Waals surface area contributed by atoms with Crippen molar-refractivity contribution < 1.29 is 9.90 Å². The molecule has 1 N–H and O–H groups in total. The highest BCUT2D eigenvalue weighted by Crippen LogP contribution is 2.15. The average molecular weight is 183 g/mol. The lowest BCUT2D eigenvalue weighted by atomic mass is 10.1. The van der Waals surface area contributed by atoms with E-state index in [4.69, 9.17) is 22.0 Å². The molecule has 1 heterocycles. The third-order valence-electron chi connectivity index (χ3n) is 1.24. The Balaban J connectivity index is 3.42. The Kier molecular flexibility index (Phi) is 2.26. The number of carboxylic acid groups (broad SMARTS) is 1. The van der Waals surface area contributed by atoms with Crippen molar-refractivity contribution in [2.75, 3.05) is 0 Å². The highest BCUT2D eigenvalue weighted by Gasteiger charge is 2.14. The number of halogens is 1. The fourth-order valence-electron chi connectivity index (χ4n) is 0.733. The minimum absolute atomic E-state index is 0.0162. The predicted octanol–water partition coefficient (Wildman–Crippen LogP) is 1.30. The summed E-state index contributed by atoms with van der Waals surface area (Å²) in [5, 5.41) is 16.9. The van der Waals surface area contributed by atoms with Gasteiger partial charge >= 0.3 is 5.97 Å². The van der Waals surface area contributed by atoms with Crippen LogP contribution in [-0.4, -0.2) is 16.1 Å². The number of carbonyl (C=O) groups is 1. The first kappa shape index (κ1) is 8.50. The van der Waals surface area contributed by atoms with Crippen LogP contribution in [-0.2, 0) is 0 Å².